The van der Waals surface area contributed by atoms with Crippen LogP contribution in [0.5, 0.6) is 5.75 Å². The summed E-state index contributed by atoms with van der Waals surface area (Å²) in [7, 11) is 1.56. The van der Waals surface area contributed by atoms with Crippen molar-refractivity contribution in [2.24, 2.45) is 0 Å². The number of carbonyl (C=O) groups excluding carboxylic acids is 1. The first-order valence-electron chi connectivity index (χ1n) is 4.00. The molecule has 1 aromatic rings. The molecule has 0 aliphatic carbocycles. The molecule has 0 radical (unpaired) electrons. The van der Waals surface area contributed by atoms with Crippen molar-refractivity contribution >= 4 is 17.9 Å². The monoisotopic (exact) mass is 208 g/mol. The summed E-state index contributed by atoms with van der Waals surface area (Å²) in [5, 5.41) is 0. The molecule has 0 saturated carbocycles. The zero-order chi connectivity index (χ0) is 10.4. The van der Waals surface area contributed by atoms with Gasteiger partial charge in [-0.3, -0.25) is 4.79 Å². The number of carbonyl (C=O) groups is 1. The number of rotatable bonds is 2. The van der Waals surface area contributed by atoms with Crippen molar-refractivity contribution in [3.05, 3.63) is 29.3 Å². The molecule has 2 nitrogen and oxygen atoms in total. The van der Waals surface area contributed by atoms with E-state index < -0.39 is 0 Å². The minimum Gasteiger partial charge on any atom is -0.495 e. The zero-order valence-electron chi connectivity index (χ0n) is 7.71. The Morgan fingerprint density at radius 3 is 2.93 bits per heavy atom. The second-order valence-corrected chi connectivity index (χ2v) is 2.78. The topological polar surface area (TPSA) is 26.3 Å². The van der Waals surface area contributed by atoms with Gasteiger partial charge in [-0.05, 0) is 18.2 Å². The molecule has 0 saturated heterocycles. The Hall–Kier alpha value is -1.46. The molecule has 0 unspecified atom stereocenters. The highest BCUT2D eigenvalue weighted by atomic mass is 35.5. The molecular formula is C11H9ClO2. The summed E-state index contributed by atoms with van der Waals surface area (Å²) < 4.78 is 5.08. The predicted molar refractivity (Wildman–Crippen MR) is 56.0 cm³/mol. The second-order valence-electron chi connectivity index (χ2n) is 2.51. The molecule has 0 N–H and O–H groups in total. The van der Waals surface area contributed by atoms with Crippen molar-refractivity contribution < 1.29 is 9.53 Å². The van der Waals surface area contributed by atoms with Gasteiger partial charge in [0.1, 0.15) is 12.0 Å². The van der Waals surface area contributed by atoms with Crippen molar-refractivity contribution in [2.45, 2.75) is 0 Å². The molecule has 0 spiro atoms. The lowest BCUT2D eigenvalue weighted by Gasteiger charge is -2.02. The van der Waals surface area contributed by atoms with E-state index in [-0.39, 0.29) is 5.88 Å². The highest BCUT2D eigenvalue weighted by Gasteiger charge is 2.00. The summed E-state index contributed by atoms with van der Waals surface area (Å²) in [5.41, 5.74) is 1.25. The zero-order valence-corrected chi connectivity index (χ0v) is 8.47. The smallest absolute Gasteiger partial charge is 0.150 e. The van der Waals surface area contributed by atoms with Crippen LogP contribution in [0.1, 0.15) is 15.9 Å². The molecule has 0 amide bonds. The minimum atomic E-state index is 0.258. The maximum Gasteiger partial charge on any atom is 0.150 e. The van der Waals surface area contributed by atoms with Gasteiger partial charge in [0.05, 0.1) is 18.6 Å². The van der Waals surface area contributed by atoms with Gasteiger partial charge in [0.2, 0.25) is 0 Å². The van der Waals surface area contributed by atoms with Crippen LogP contribution in [-0.4, -0.2) is 19.3 Å². The summed E-state index contributed by atoms with van der Waals surface area (Å²) in [4.78, 5) is 10.5. The second kappa shape index (κ2) is 5.31. The summed E-state index contributed by atoms with van der Waals surface area (Å²) in [6.07, 6.45) is 0.769. The van der Waals surface area contributed by atoms with Crippen molar-refractivity contribution in [3.8, 4) is 17.6 Å². The molecule has 1 rings (SSSR count). The number of alkyl halides is 1. The molecule has 0 atom stereocenters. The lowest BCUT2D eigenvalue weighted by atomic mass is 10.1. The molecule has 14 heavy (non-hydrogen) atoms. The van der Waals surface area contributed by atoms with Gasteiger partial charge >= 0.3 is 0 Å². The molecule has 0 heterocycles. The van der Waals surface area contributed by atoms with Crippen LogP contribution >= 0.6 is 11.6 Å². The van der Waals surface area contributed by atoms with E-state index in [0.29, 0.717) is 16.9 Å². The van der Waals surface area contributed by atoms with Crippen LogP contribution in [0.3, 0.4) is 0 Å². The number of hydrogen-bond acceptors (Lipinski definition) is 2. The molecule has 1 aromatic carbocycles. The van der Waals surface area contributed by atoms with Crippen molar-refractivity contribution in [2.75, 3.05) is 13.0 Å². The Morgan fingerprint density at radius 1 is 1.57 bits per heavy atom. The third kappa shape index (κ3) is 2.51. The maximum atomic E-state index is 10.5. The van der Waals surface area contributed by atoms with Crippen molar-refractivity contribution in [1.29, 1.82) is 0 Å². The first-order chi connectivity index (χ1) is 6.81. The van der Waals surface area contributed by atoms with E-state index in [1.807, 2.05) is 0 Å². The fraction of sp³-hybridized carbons (Fsp3) is 0.182. The SMILES string of the molecule is COc1ccc(C=O)cc1C#CCCl. The van der Waals surface area contributed by atoms with E-state index in [1.165, 1.54) is 0 Å². The highest BCUT2D eigenvalue weighted by Crippen LogP contribution is 2.17. The molecular weight excluding hydrogens is 200 g/mol. The third-order valence-corrected chi connectivity index (χ3v) is 1.78. The average Bonchev–Trinajstić information content (AvgIpc) is 2.25. The largest absolute Gasteiger partial charge is 0.495 e. The van der Waals surface area contributed by atoms with E-state index in [1.54, 1.807) is 25.3 Å². The number of aldehydes is 1. The first-order valence-corrected chi connectivity index (χ1v) is 4.53. The maximum absolute atomic E-state index is 10.5. The lowest BCUT2D eigenvalue weighted by molar-refractivity contribution is 0.112. The Labute approximate surface area is 87.8 Å². The lowest BCUT2D eigenvalue weighted by Crippen LogP contribution is -1.90. The summed E-state index contributed by atoms with van der Waals surface area (Å²) in [5.74, 6) is 6.44. The van der Waals surface area contributed by atoms with E-state index in [9.17, 15) is 4.79 Å². The predicted octanol–water partition coefficient (Wildman–Crippen LogP) is 2.10. The molecule has 0 bridgehead atoms. The van der Waals surface area contributed by atoms with Gasteiger partial charge in [-0.25, -0.2) is 0 Å². The highest BCUT2D eigenvalue weighted by molar-refractivity contribution is 6.19. The average molecular weight is 209 g/mol. The minimum absolute atomic E-state index is 0.258. The van der Waals surface area contributed by atoms with E-state index in [2.05, 4.69) is 11.8 Å². The fourth-order valence-electron chi connectivity index (χ4n) is 1.03. The number of benzene rings is 1. The van der Waals surface area contributed by atoms with Gasteiger partial charge in [-0.15, -0.1) is 11.6 Å². The molecule has 0 fully saturated rings. The Kier molecular flexibility index (Phi) is 4.03. The van der Waals surface area contributed by atoms with E-state index >= 15 is 0 Å². The van der Waals surface area contributed by atoms with Crippen LogP contribution in [0.2, 0.25) is 0 Å². The third-order valence-electron chi connectivity index (χ3n) is 1.65. The van der Waals surface area contributed by atoms with Crippen molar-refractivity contribution in [1.82, 2.24) is 0 Å². The number of halogens is 1. The molecule has 0 aliphatic heterocycles. The summed E-state index contributed by atoms with van der Waals surface area (Å²) in [6.45, 7) is 0. The standard InChI is InChI=1S/C11H9ClO2/c1-14-11-5-4-9(8-13)7-10(11)3-2-6-12/h4-5,7-8H,6H2,1H3. The van der Waals surface area contributed by atoms with Gasteiger partial charge in [0, 0.05) is 5.56 Å². The van der Waals surface area contributed by atoms with Gasteiger partial charge in [-0.2, -0.15) is 0 Å². The van der Waals surface area contributed by atoms with Gasteiger partial charge in [0.25, 0.3) is 0 Å². The van der Waals surface area contributed by atoms with Crippen molar-refractivity contribution in [3.63, 3.8) is 0 Å². The van der Waals surface area contributed by atoms with Crippen LogP contribution in [0.4, 0.5) is 0 Å². The number of ether oxygens (including phenoxy) is 1. The Balaban J connectivity index is 3.14. The molecule has 3 heteroatoms. The molecule has 0 aromatic heterocycles. The van der Waals surface area contributed by atoms with E-state index in [0.717, 1.165) is 6.29 Å². The fourth-order valence-corrected chi connectivity index (χ4v) is 1.09. The summed E-state index contributed by atoms with van der Waals surface area (Å²) in [6, 6.07) is 5.06. The van der Waals surface area contributed by atoms with Crippen LogP contribution < -0.4 is 4.74 Å². The van der Waals surface area contributed by atoms with Gasteiger partial charge < -0.3 is 4.74 Å². The first kappa shape index (κ1) is 10.6. The molecule has 0 aliphatic rings. The van der Waals surface area contributed by atoms with Gasteiger partial charge in [0.15, 0.2) is 0 Å². The molecule has 72 valence electrons. The summed E-state index contributed by atoms with van der Waals surface area (Å²) >= 11 is 5.44. The normalized spacial score (nSPS) is 8.71. The number of hydrogen-bond donors (Lipinski definition) is 0. The van der Waals surface area contributed by atoms with Crippen LogP contribution in [0.15, 0.2) is 18.2 Å². The Bertz CT molecular complexity index is 388. The van der Waals surface area contributed by atoms with E-state index in [4.69, 9.17) is 16.3 Å². The quantitative estimate of drug-likeness (QED) is 0.423. The number of methoxy groups -OCH3 is 1. The van der Waals surface area contributed by atoms with Crippen LogP contribution in [0.25, 0.3) is 0 Å². The Morgan fingerprint density at radius 2 is 2.36 bits per heavy atom. The van der Waals surface area contributed by atoms with Crippen LogP contribution in [0, 0.1) is 11.8 Å². The van der Waals surface area contributed by atoms with Crippen LogP contribution in [-0.2, 0) is 0 Å². The van der Waals surface area contributed by atoms with Gasteiger partial charge in [-0.1, -0.05) is 11.8 Å².